The predicted octanol–water partition coefficient (Wildman–Crippen LogP) is 4.55. The zero-order valence-electron chi connectivity index (χ0n) is 23.0. The van der Waals surface area contributed by atoms with Crippen LogP contribution in [0.5, 0.6) is 5.75 Å². The van der Waals surface area contributed by atoms with Crippen molar-refractivity contribution in [1.82, 2.24) is 9.80 Å². The number of rotatable bonds is 9. The van der Waals surface area contributed by atoms with E-state index in [0.717, 1.165) is 42.6 Å². The Kier molecular flexibility index (Phi) is 8.45. The van der Waals surface area contributed by atoms with Crippen LogP contribution in [0.1, 0.15) is 41.7 Å². The van der Waals surface area contributed by atoms with Crippen molar-refractivity contribution in [2.24, 2.45) is 0 Å². The molecule has 0 spiro atoms. The molecule has 0 aliphatic carbocycles. The standard InChI is InChI=1S/C32H35N3O5/c1-3-39-32(38)26-15-16-29-27(19-26)35(31(37)22-40-29)21-30(36)33(2)28(20-34-17-7-8-18-34)25-13-11-24(12-14-25)23-9-5-4-6-10-23/h4-6,9-16,19,28H,3,7-8,17-18,20-22H2,1-2H3. The monoisotopic (exact) mass is 541 g/mol. The minimum absolute atomic E-state index is 0.156. The highest BCUT2D eigenvalue weighted by atomic mass is 16.5. The van der Waals surface area contributed by atoms with Gasteiger partial charge in [-0.25, -0.2) is 4.79 Å². The van der Waals surface area contributed by atoms with Crippen LogP contribution in [0.2, 0.25) is 0 Å². The van der Waals surface area contributed by atoms with Gasteiger partial charge in [-0.3, -0.25) is 14.5 Å². The number of fused-ring (bicyclic) bond motifs is 1. The summed E-state index contributed by atoms with van der Waals surface area (Å²) < 4.78 is 10.7. The Morgan fingerprint density at radius 3 is 2.38 bits per heavy atom. The first-order valence-electron chi connectivity index (χ1n) is 13.8. The molecular weight excluding hydrogens is 506 g/mol. The van der Waals surface area contributed by atoms with Crippen LogP contribution in [-0.4, -0.2) is 74.0 Å². The Morgan fingerprint density at radius 2 is 1.68 bits per heavy atom. The van der Waals surface area contributed by atoms with Crippen molar-refractivity contribution in [3.05, 3.63) is 83.9 Å². The minimum atomic E-state index is -0.489. The molecule has 0 radical (unpaired) electrons. The molecule has 2 heterocycles. The first-order chi connectivity index (χ1) is 19.4. The van der Waals surface area contributed by atoms with E-state index in [2.05, 4.69) is 41.3 Å². The van der Waals surface area contributed by atoms with Crippen LogP contribution in [0, 0.1) is 0 Å². The van der Waals surface area contributed by atoms with Crippen LogP contribution in [0.25, 0.3) is 11.1 Å². The molecule has 0 aromatic heterocycles. The Balaban J connectivity index is 1.38. The van der Waals surface area contributed by atoms with E-state index < -0.39 is 5.97 Å². The fourth-order valence-corrected chi connectivity index (χ4v) is 5.33. The van der Waals surface area contributed by atoms with Crippen molar-refractivity contribution in [3.8, 4) is 16.9 Å². The molecule has 2 amide bonds. The molecule has 1 fully saturated rings. The zero-order valence-corrected chi connectivity index (χ0v) is 23.0. The van der Waals surface area contributed by atoms with Crippen molar-refractivity contribution in [2.75, 3.05) is 51.3 Å². The molecule has 208 valence electrons. The average molecular weight is 542 g/mol. The number of carbonyl (C=O) groups excluding carboxylic acids is 3. The van der Waals surface area contributed by atoms with Gasteiger partial charge in [0, 0.05) is 13.6 Å². The highest BCUT2D eigenvalue weighted by molar-refractivity contribution is 6.03. The van der Waals surface area contributed by atoms with Crippen LogP contribution in [-0.2, 0) is 14.3 Å². The number of anilines is 1. The van der Waals surface area contributed by atoms with Crippen molar-refractivity contribution >= 4 is 23.5 Å². The van der Waals surface area contributed by atoms with Crippen LogP contribution >= 0.6 is 0 Å². The minimum Gasteiger partial charge on any atom is -0.482 e. The summed E-state index contributed by atoms with van der Waals surface area (Å²) in [5.41, 5.74) is 4.00. The molecule has 2 aliphatic heterocycles. The van der Waals surface area contributed by atoms with E-state index in [4.69, 9.17) is 9.47 Å². The largest absolute Gasteiger partial charge is 0.482 e. The molecule has 40 heavy (non-hydrogen) atoms. The van der Waals surface area contributed by atoms with Gasteiger partial charge in [-0.05, 0) is 67.7 Å². The van der Waals surface area contributed by atoms with Crippen molar-refractivity contribution < 1.29 is 23.9 Å². The number of esters is 1. The molecule has 1 saturated heterocycles. The molecule has 5 rings (SSSR count). The topological polar surface area (TPSA) is 79.4 Å². The number of likely N-dealkylation sites (tertiary alicyclic amines) is 1. The fraction of sp³-hybridized carbons (Fsp3) is 0.344. The lowest BCUT2D eigenvalue weighted by atomic mass is 9.99. The molecule has 1 unspecified atom stereocenters. The van der Waals surface area contributed by atoms with Crippen LogP contribution < -0.4 is 9.64 Å². The molecule has 0 N–H and O–H groups in total. The molecular formula is C32H35N3O5. The van der Waals surface area contributed by atoms with E-state index in [0.29, 0.717) is 23.5 Å². The van der Waals surface area contributed by atoms with E-state index in [9.17, 15) is 14.4 Å². The number of amides is 2. The lowest BCUT2D eigenvalue weighted by Gasteiger charge is -2.35. The molecule has 8 heteroatoms. The number of likely N-dealkylation sites (N-methyl/N-ethyl adjacent to an activating group) is 1. The summed E-state index contributed by atoms with van der Waals surface area (Å²) in [6.45, 7) is 4.38. The van der Waals surface area contributed by atoms with Gasteiger partial charge in [-0.15, -0.1) is 0 Å². The smallest absolute Gasteiger partial charge is 0.338 e. The number of hydrogen-bond donors (Lipinski definition) is 0. The lowest BCUT2D eigenvalue weighted by Crippen LogP contribution is -2.47. The fourth-order valence-electron chi connectivity index (χ4n) is 5.33. The normalized spacial score (nSPS) is 15.8. The van der Waals surface area contributed by atoms with E-state index >= 15 is 0 Å². The molecule has 8 nitrogen and oxygen atoms in total. The Hall–Kier alpha value is -4.17. The number of hydrogen-bond acceptors (Lipinski definition) is 6. The number of ether oxygens (including phenoxy) is 2. The van der Waals surface area contributed by atoms with Gasteiger partial charge < -0.3 is 19.3 Å². The first kappa shape index (κ1) is 27.4. The highest BCUT2D eigenvalue weighted by Gasteiger charge is 2.32. The van der Waals surface area contributed by atoms with Crippen LogP contribution in [0.15, 0.2) is 72.8 Å². The summed E-state index contributed by atoms with van der Waals surface area (Å²) in [6, 6.07) is 23.2. The van der Waals surface area contributed by atoms with Gasteiger partial charge in [-0.1, -0.05) is 54.6 Å². The maximum Gasteiger partial charge on any atom is 0.338 e. The lowest BCUT2D eigenvalue weighted by molar-refractivity contribution is -0.133. The molecule has 3 aromatic carbocycles. The summed E-state index contributed by atoms with van der Waals surface area (Å²) in [7, 11) is 1.80. The van der Waals surface area contributed by atoms with Gasteiger partial charge in [0.15, 0.2) is 6.61 Å². The Morgan fingerprint density at radius 1 is 0.975 bits per heavy atom. The second-order valence-electron chi connectivity index (χ2n) is 10.2. The van der Waals surface area contributed by atoms with Gasteiger partial charge in [0.05, 0.1) is 23.9 Å². The Bertz CT molecular complexity index is 1350. The second-order valence-corrected chi connectivity index (χ2v) is 10.2. The van der Waals surface area contributed by atoms with Crippen LogP contribution in [0.4, 0.5) is 5.69 Å². The van der Waals surface area contributed by atoms with Crippen LogP contribution in [0.3, 0.4) is 0 Å². The quantitative estimate of drug-likeness (QED) is 0.370. The number of nitrogens with zero attached hydrogens (tertiary/aromatic N) is 3. The van der Waals surface area contributed by atoms with Gasteiger partial charge in [-0.2, -0.15) is 0 Å². The summed E-state index contributed by atoms with van der Waals surface area (Å²) >= 11 is 0. The summed E-state index contributed by atoms with van der Waals surface area (Å²) in [5, 5.41) is 0. The molecule has 0 saturated carbocycles. The molecule has 3 aromatic rings. The first-order valence-corrected chi connectivity index (χ1v) is 13.8. The molecule has 2 aliphatic rings. The van der Waals surface area contributed by atoms with Crippen molar-refractivity contribution in [3.63, 3.8) is 0 Å². The van der Waals surface area contributed by atoms with Crippen molar-refractivity contribution in [1.29, 1.82) is 0 Å². The molecule has 0 bridgehead atoms. The van der Waals surface area contributed by atoms with E-state index in [-0.39, 0.29) is 37.6 Å². The maximum atomic E-state index is 13.7. The van der Waals surface area contributed by atoms with Gasteiger partial charge >= 0.3 is 5.97 Å². The highest BCUT2D eigenvalue weighted by Crippen LogP contribution is 2.34. The second kappa shape index (κ2) is 12.3. The van der Waals surface area contributed by atoms with Gasteiger partial charge in [0.1, 0.15) is 12.3 Å². The van der Waals surface area contributed by atoms with Gasteiger partial charge in [0.2, 0.25) is 5.91 Å². The number of carbonyl (C=O) groups is 3. The number of benzene rings is 3. The summed E-state index contributed by atoms with van der Waals surface area (Å²) in [5.74, 6) is -0.567. The molecule has 1 atom stereocenters. The summed E-state index contributed by atoms with van der Waals surface area (Å²) in [4.78, 5) is 44.5. The third-order valence-corrected chi connectivity index (χ3v) is 7.60. The van der Waals surface area contributed by atoms with E-state index in [1.807, 2.05) is 18.2 Å². The Labute approximate surface area is 235 Å². The third-order valence-electron chi connectivity index (χ3n) is 7.60. The van der Waals surface area contributed by atoms with E-state index in [1.54, 1.807) is 37.1 Å². The third kappa shape index (κ3) is 6.02. The van der Waals surface area contributed by atoms with Gasteiger partial charge in [0.25, 0.3) is 5.91 Å². The predicted molar refractivity (Wildman–Crippen MR) is 153 cm³/mol. The van der Waals surface area contributed by atoms with Crippen molar-refractivity contribution in [2.45, 2.75) is 25.8 Å². The van der Waals surface area contributed by atoms with E-state index in [1.165, 1.54) is 4.90 Å². The summed E-state index contributed by atoms with van der Waals surface area (Å²) in [6.07, 6.45) is 2.30. The maximum absolute atomic E-state index is 13.7. The SMILES string of the molecule is CCOC(=O)c1ccc2c(c1)N(CC(=O)N(C)C(CN1CCCC1)c1ccc(-c3ccccc3)cc1)C(=O)CO2. The zero-order chi connectivity index (χ0) is 28.1. The average Bonchev–Trinajstić information content (AvgIpc) is 3.51.